The van der Waals surface area contributed by atoms with Crippen molar-refractivity contribution in [2.24, 2.45) is 0 Å². The second-order valence-electron chi connectivity index (χ2n) is 8.00. The molecule has 0 bridgehead atoms. The van der Waals surface area contributed by atoms with E-state index >= 15 is 0 Å². The molecular formula is C22H28N4O3S. The molecule has 1 fully saturated rings. The number of ether oxygens (including phenoxy) is 2. The predicted octanol–water partition coefficient (Wildman–Crippen LogP) is 2.47. The lowest BCUT2D eigenvalue weighted by Gasteiger charge is -2.27. The molecule has 1 aromatic carbocycles. The number of nitrogens with one attached hydrogen (secondary N) is 1. The van der Waals surface area contributed by atoms with Crippen LogP contribution in [0.4, 0.5) is 0 Å². The summed E-state index contributed by atoms with van der Waals surface area (Å²) in [5.41, 5.74) is 4.24. The van der Waals surface area contributed by atoms with E-state index in [9.17, 15) is 4.79 Å². The molecule has 0 saturated carbocycles. The molecule has 3 heterocycles. The highest BCUT2D eigenvalue weighted by Crippen LogP contribution is 2.33. The molecule has 1 amide bonds. The van der Waals surface area contributed by atoms with Gasteiger partial charge in [-0.2, -0.15) is 16.9 Å². The summed E-state index contributed by atoms with van der Waals surface area (Å²) < 4.78 is 12.9. The number of amides is 1. The minimum absolute atomic E-state index is 0.107. The van der Waals surface area contributed by atoms with E-state index in [1.165, 1.54) is 11.3 Å². The van der Waals surface area contributed by atoms with Gasteiger partial charge < -0.3 is 19.7 Å². The van der Waals surface area contributed by atoms with E-state index in [2.05, 4.69) is 18.3 Å². The van der Waals surface area contributed by atoms with Crippen molar-refractivity contribution in [1.29, 1.82) is 0 Å². The van der Waals surface area contributed by atoms with Crippen LogP contribution in [0.5, 0.6) is 11.5 Å². The maximum absolute atomic E-state index is 13.2. The van der Waals surface area contributed by atoms with Crippen LogP contribution in [0, 0.1) is 0 Å². The highest BCUT2D eigenvalue weighted by molar-refractivity contribution is 7.99. The lowest BCUT2D eigenvalue weighted by Crippen LogP contribution is -2.39. The van der Waals surface area contributed by atoms with Gasteiger partial charge in [0.2, 0.25) is 6.79 Å². The first kappa shape index (κ1) is 19.8. The van der Waals surface area contributed by atoms with Crippen molar-refractivity contribution in [3.05, 3.63) is 40.7 Å². The minimum atomic E-state index is 0.107. The van der Waals surface area contributed by atoms with E-state index in [0.717, 1.165) is 74.0 Å². The fourth-order valence-electron chi connectivity index (χ4n) is 4.52. The SMILES string of the molecule is CCn1nc(C(=O)N2CCSCC2)c2c1CCC(NCc1ccc3c(c1)OCO3)C2. The quantitative estimate of drug-likeness (QED) is 0.789. The minimum Gasteiger partial charge on any atom is -0.454 e. The smallest absolute Gasteiger partial charge is 0.274 e. The van der Waals surface area contributed by atoms with E-state index in [1.54, 1.807) is 0 Å². The van der Waals surface area contributed by atoms with Gasteiger partial charge in [-0.05, 0) is 43.9 Å². The van der Waals surface area contributed by atoms with Gasteiger partial charge in [-0.25, -0.2) is 0 Å². The molecule has 0 radical (unpaired) electrons. The first-order valence-corrected chi connectivity index (χ1v) is 12.0. The molecule has 2 aromatic rings. The van der Waals surface area contributed by atoms with Gasteiger partial charge in [0.25, 0.3) is 5.91 Å². The highest BCUT2D eigenvalue weighted by atomic mass is 32.2. The van der Waals surface area contributed by atoms with Crippen LogP contribution in [-0.2, 0) is 25.9 Å². The van der Waals surface area contributed by atoms with Crippen LogP contribution < -0.4 is 14.8 Å². The van der Waals surface area contributed by atoms with E-state index in [0.29, 0.717) is 18.5 Å². The summed E-state index contributed by atoms with van der Waals surface area (Å²) in [6.07, 6.45) is 2.86. The van der Waals surface area contributed by atoms with E-state index in [4.69, 9.17) is 14.6 Å². The molecule has 1 aliphatic carbocycles. The van der Waals surface area contributed by atoms with Gasteiger partial charge in [-0.3, -0.25) is 9.48 Å². The zero-order valence-electron chi connectivity index (χ0n) is 17.4. The Morgan fingerprint density at radius 1 is 1.27 bits per heavy atom. The number of carbonyl (C=O) groups excluding carboxylic acids is 1. The molecule has 1 N–H and O–H groups in total. The average Bonchev–Trinajstić information content (AvgIpc) is 3.41. The number of hydrogen-bond acceptors (Lipinski definition) is 6. The Bertz CT molecular complexity index is 939. The second-order valence-corrected chi connectivity index (χ2v) is 9.23. The number of thioether (sulfide) groups is 1. The van der Waals surface area contributed by atoms with Crippen molar-refractivity contribution >= 4 is 17.7 Å². The standard InChI is InChI=1S/C22H28N4O3S/c1-2-26-18-5-4-16(23-13-15-3-6-19-20(11-15)29-14-28-19)12-17(18)21(24-26)22(27)25-7-9-30-10-8-25/h3,6,11,16,23H,2,4-5,7-10,12-14H2,1H3. The number of hydrogen-bond donors (Lipinski definition) is 1. The maximum atomic E-state index is 13.2. The summed E-state index contributed by atoms with van der Waals surface area (Å²) in [6, 6.07) is 6.42. The second kappa shape index (κ2) is 8.51. The molecule has 1 unspecified atom stereocenters. The summed E-state index contributed by atoms with van der Waals surface area (Å²) in [5, 5.41) is 8.42. The maximum Gasteiger partial charge on any atom is 0.274 e. The third-order valence-corrected chi connectivity index (χ3v) is 7.12. The van der Waals surface area contributed by atoms with E-state index in [-0.39, 0.29) is 5.91 Å². The van der Waals surface area contributed by atoms with Crippen LogP contribution in [0.1, 0.15) is 40.7 Å². The van der Waals surface area contributed by atoms with Crippen molar-refractivity contribution in [3.8, 4) is 11.5 Å². The number of rotatable bonds is 5. The number of benzene rings is 1. The van der Waals surface area contributed by atoms with Crippen molar-refractivity contribution in [3.63, 3.8) is 0 Å². The first-order valence-electron chi connectivity index (χ1n) is 10.8. The van der Waals surface area contributed by atoms with Gasteiger partial charge in [0.15, 0.2) is 17.2 Å². The molecule has 3 aliphatic rings. The van der Waals surface area contributed by atoms with Crippen LogP contribution in [-0.4, -0.2) is 58.0 Å². The predicted molar refractivity (Wildman–Crippen MR) is 116 cm³/mol. The zero-order valence-corrected chi connectivity index (χ0v) is 18.2. The summed E-state index contributed by atoms with van der Waals surface area (Å²) in [5.74, 6) is 3.77. The molecule has 7 nitrogen and oxygen atoms in total. The summed E-state index contributed by atoms with van der Waals surface area (Å²) >= 11 is 1.92. The van der Waals surface area contributed by atoms with Crippen LogP contribution >= 0.6 is 11.8 Å². The Labute approximate surface area is 181 Å². The fraction of sp³-hybridized carbons (Fsp3) is 0.545. The topological polar surface area (TPSA) is 68.6 Å². The van der Waals surface area contributed by atoms with Gasteiger partial charge >= 0.3 is 0 Å². The van der Waals surface area contributed by atoms with Crippen molar-refractivity contribution < 1.29 is 14.3 Å². The number of aryl methyl sites for hydroxylation is 1. The molecular weight excluding hydrogens is 400 g/mol. The molecule has 2 aliphatic heterocycles. The summed E-state index contributed by atoms with van der Waals surface area (Å²) in [6.45, 7) is 5.62. The van der Waals surface area contributed by atoms with Gasteiger partial charge in [0.1, 0.15) is 0 Å². The lowest BCUT2D eigenvalue weighted by molar-refractivity contribution is 0.0764. The molecule has 5 rings (SSSR count). The van der Waals surface area contributed by atoms with E-state index < -0.39 is 0 Å². The zero-order chi connectivity index (χ0) is 20.5. The number of carbonyl (C=O) groups is 1. The largest absolute Gasteiger partial charge is 0.454 e. The highest BCUT2D eigenvalue weighted by Gasteiger charge is 2.31. The average molecular weight is 429 g/mol. The molecule has 30 heavy (non-hydrogen) atoms. The van der Waals surface area contributed by atoms with Gasteiger partial charge in [0, 0.05) is 55.0 Å². The number of nitrogens with zero attached hydrogens (tertiary/aromatic N) is 3. The third kappa shape index (κ3) is 3.78. The van der Waals surface area contributed by atoms with Gasteiger partial charge in [-0.15, -0.1) is 0 Å². The fourth-order valence-corrected chi connectivity index (χ4v) is 5.43. The van der Waals surface area contributed by atoms with Crippen molar-refractivity contribution in [1.82, 2.24) is 20.0 Å². The summed E-state index contributed by atoms with van der Waals surface area (Å²) in [7, 11) is 0. The van der Waals surface area contributed by atoms with Crippen LogP contribution in [0.25, 0.3) is 0 Å². The summed E-state index contributed by atoms with van der Waals surface area (Å²) in [4.78, 5) is 15.2. The molecule has 0 spiro atoms. The van der Waals surface area contributed by atoms with Gasteiger partial charge in [-0.1, -0.05) is 6.07 Å². The van der Waals surface area contributed by atoms with Crippen molar-refractivity contribution in [2.75, 3.05) is 31.4 Å². The Morgan fingerprint density at radius 2 is 2.10 bits per heavy atom. The Hall–Kier alpha value is -2.19. The third-order valence-electron chi connectivity index (χ3n) is 6.18. The normalized spacial score (nSPS) is 20.3. The molecule has 1 atom stereocenters. The van der Waals surface area contributed by atoms with Crippen LogP contribution in [0.2, 0.25) is 0 Å². The Balaban J connectivity index is 1.30. The molecule has 1 saturated heterocycles. The van der Waals surface area contributed by atoms with E-state index in [1.807, 2.05) is 33.5 Å². The molecule has 8 heteroatoms. The monoisotopic (exact) mass is 428 g/mol. The van der Waals surface area contributed by atoms with Crippen molar-refractivity contribution in [2.45, 2.75) is 45.3 Å². The Kier molecular flexibility index (Phi) is 5.60. The number of aromatic nitrogens is 2. The Morgan fingerprint density at radius 3 is 2.93 bits per heavy atom. The van der Waals surface area contributed by atoms with Crippen LogP contribution in [0.3, 0.4) is 0 Å². The van der Waals surface area contributed by atoms with Gasteiger partial charge in [0.05, 0.1) is 0 Å². The molecule has 1 aromatic heterocycles. The lowest BCUT2D eigenvalue weighted by atomic mass is 9.91. The number of fused-ring (bicyclic) bond motifs is 2. The van der Waals surface area contributed by atoms with Crippen LogP contribution in [0.15, 0.2) is 18.2 Å². The first-order chi connectivity index (χ1) is 14.7. The molecule has 160 valence electrons.